The summed E-state index contributed by atoms with van der Waals surface area (Å²) in [5, 5.41) is 21.1. The Morgan fingerprint density at radius 1 is 1.02 bits per heavy atom. The van der Waals surface area contributed by atoms with Crippen LogP contribution in [0.25, 0.3) is 34.0 Å². The molecular weight excluding hydrogens is 551 g/mol. The van der Waals surface area contributed by atoms with Crippen molar-refractivity contribution in [3.05, 3.63) is 70.8 Å². The third-order valence-corrected chi connectivity index (χ3v) is 7.73. The Morgan fingerprint density at radius 2 is 1.70 bits per heavy atom. The molecular formula is C27H24F3N3O6S. The molecule has 1 atom stereocenters. The van der Waals surface area contributed by atoms with E-state index in [1.54, 1.807) is 30.3 Å². The fourth-order valence-electron chi connectivity index (χ4n) is 4.68. The highest BCUT2D eigenvalue weighted by Gasteiger charge is 2.43. The van der Waals surface area contributed by atoms with Gasteiger partial charge in [-0.25, -0.2) is 8.42 Å². The molecule has 2 N–H and O–H groups in total. The Hall–Kier alpha value is -3.97. The lowest BCUT2D eigenvalue weighted by molar-refractivity contribution is -0.139. The number of carbonyl (C=O) groups excluding carboxylic acids is 1. The predicted molar refractivity (Wildman–Crippen MR) is 138 cm³/mol. The van der Waals surface area contributed by atoms with Crippen LogP contribution in [0.3, 0.4) is 0 Å². The van der Waals surface area contributed by atoms with Crippen LogP contribution in [-0.4, -0.2) is 48.3 Å². The number of alkyl halides is 3. The molecule has 2 aromatic heterocycles. The van der Waals surface area contributed by atoms with Crippen molar-refractivity contribution in [3.8, 4) is 34.0 Å². The molecule has 0 spiro atoms. The lowest BCUT2D eigenvalue weighted by Gasteiger charge is -2.25. The van der Waals surface area contributed by atoms with Crippen molar-refractivity contribution in [2.75, 3.05) is 18.6 Å². The number of amides is 1. The van der Waals surface area contributed by atoms with E-state index in [1.807, 2.05) is 0 Å². The molecule has 5 rings (SSSR count). The molecule has 0 radical (unpaired) electrons. The number of hydrogen-bond donors (Lipinski definition) is 2. The molecule has 40 heavy (non-hydrogen) atoms. The smallest absolute Gasteiger partial charge is 0.376 e. The van der Waals surface area contributed by atoms with Gasteiger partial charge in [0, 0.05) is 29.5 Å². The van der Waals surface area contributed by atoms with Gasteiger partial charge < -0.3 is 19.5 Å². The highest BCUT2D eigenvalue weighted by molar-refractivity contribution is 7.90. The van der Waals surface area contributed by atoms with Gasteiger partial charge in [-0.1, -0.05) is 58.8 Å². The van der Waals surface area contributed by atoms with E-state index < -0.39 is 44.5 Å². The van der Waals surface area contributed by atoms with Gasteiger partial charge in [-0.15, -0.1) is 0 Å². The Kier molecular flexibility index (Phi) is 6.83. The van der Waals surface area contributed by atoms with Gasteiger partial charge in [0.2, 0.25) is 0 Å². The molecule has 13 heteroatoms. The first-order chi connectivity index (χ1) is 18.8. The van der Waals surface area contributed by atoms with Crippen molar-refractivity contribution in [1.29, 1.82) is 0 Å². The highest BCUT2D eigenvalue weighted by atomic mass is 32.2. The van der Waals surface area contributed by atoms with Gasteiger partial charge in [-0.2, -0.15) is 13.2 Å². The molecule has 0 saturated heterocycles. The van der Waals surface area contributed by atoms with Crippen molar-refractivity contribution in [3.63, 3.8) is 0 Å². The molecule has 1 unspecified atom stereocenters. The number of nitrogens with zero attached hydrogens (tertiary/aromatic N) is 2. The van der Waals surface area contributed by atoms with Crippen LogP contribution in [0.1, 0.15) is 29.2 Å². The summed E-state index contributed by atoms with van der Waals surface area (Å²) in [6.07, 6.45) is -3.12. The molecule has 1 aliphatic rings. The molecule has 9 nitrogen and oxygen atoms in total. The van der Waals surface area contributed by atoms with E-state index in [1.165, 1.54) is 25.1 Å². The first-order valence-electron chi connectivity index (χ1n) is 12.2. The molecule has 0 aliphatic heterocycles. The van der Waals surface area contributed by atoms with Gasteiger partial charge in [0.25, 0.3) is 5.91 Å². The molecule has 2 aromatic carbocycles. The van der Waals surface area contributed by atoms with E-state index in [9.17, 15) is 31.5 Å². The average Bonchev–Trinajstić information content (AvgIpc) is 3.52. The Balaban J connectivity index is 1.48. The Bertz CT molecular complexity index is 1690. The van der Waals surface area contributed by atoms with E-state index in [0.717, 1.165) is 6.26 Å². The number of carbonyl (C=O) groups is 1. The molecule has 0 fully saturated rings. The second kappa shape index (κ2) is 9.89. The third-order valence-electron chi connectivity index (χ3n) is 6.78. The number of rotatable bonds is 7. The highest BCUT2D eigenvalue weighted by Crippen LogP contribution is 2.46. The minimum atomic E-state index is -4.78. The number of aliphatic hydroxyl groups is 1. The molecule has 2 heterocycles. The lowest BCUT2D eigenvalue weighted by Crippen LogP contribution is -2.43. The predicted octanol–water partition coefficient (Wildman–Crippen LogP) is 4.15. The van der Waals surface area contributed by atoms with Crippen molar-refractivity contribution < 1.29 is 40.5 Å². The zero-order valence-electron chi connectivity index (χ0n) is 21.4. The second-order valence-corrected chi connectivity index (χ2v) is 12.0. The summed E-state index contributed by atoms with van der Waals surface area (Å²) in [6.45, 7) is 1.14. The normalized spacial score (nSPS) is 14.8. The maximum absolute atomic E-state index is 14.2. The van der Waals surface area contributed by atoms with Crippen LogP contribution in [0.2, 0.25) is 0 Å². The van der Waals surface area contributed by atoms with Gasteiger partial charge >= 0.3 is 6.18 Å². The quantitative estimate of drug-likeness (QED) is 0.336. The molecule has 0 bridgehead atoms. The maximum atomic E-state index is 14.2. The van der Waals surface area contributed by atoms with Crippen molar-refractivity contribution >= 4 is 15.7 Å². The third kappa shape index (κ3) is 5.13. The topological polar surface area (TPSA) is 136 Å². The summed E-state index contributed by atoms with van der Waals surface area (Å²) in [5.41, 5.74) is -0.987. The van der Waals surface area contributed by atoms with E-state index in [2.05, 4.69) is 15.6 Å². The summed E-state index contributed by atoms with van der Waals surface area (Å²) in [6, 6.07) is 12.6. The minimum Gasteiger partial charge on any atom is -0.376 e. The first kappa shape index (κ1) is 27.6. The molecule has 0 saturated carbocycles. The minimum absolute atomic E-state index is 0.139. The fraction of sp³-hybridized carbons (Fsp3) is 0.296. The average molecular weight is 576 g/mol. The van der Waals surface area contributed by atoms with Crippen LogP contribution in [0.4, 0.5) is 13.2 Å². The Morgan fingerprint density at radius 3 is 2.38 bits per heavy atom. The van der Waals surface area contributed by atoms with E-state index in [4.69, 9.17) is 9.05 Å². The summed E-state index contributed by atoms with van der Waals surface area (Å²) >= 11 is 0. The van der Waals surface area contributed by atoms with Gasteiger partial charge in [-0.05, 0) is 30.9 Å². The first-order valence-corrected chi connectivity index (χ1v) is 14.3. The van der Waals surface area contributed by atoms with Gasteiger partial charge in [-0.3, -0.25) is 4.79 Å². The number of fused-ring (bicyclic) bond motifs is 3. The zero-order valence-corrected chi connectivity index (χ0v) is 22.2. The second-order valence-electron chi connectivity index (χ2n) is 9.77. The fourth-order valence-corrected chi connectivity index (χ4v) is 5.15. The summed E-state index contributed by atoms with van der Waals surface area (Å²) in [5.74, 6) is -1.60. The molecule has 1 amide bonds. The van der Waals surface area contributed by atoms with E-state index in [-0.39, 0.29) is 35.6 Å². The monoisotopic (exact) mass is 575 g/mol. The largest absolute Gasteiger partial charge is 0.422 e. The van der Waals surface area contributed by atoms with Gasteiger partial charge in [0.05, 0.1) is 5.75 Å². The summed E-state index contributed by atoms with van der Waals surface area (Å²) < 4.78 is 75.8. The van der Waals surface area contributed by atoms with Crippen LogP contribution in [0, 0.1) is 0 Å². The van der Waals surface area contributed by atoms with E-state index in [0.29, 0.717) is 28.8 Å². The van der Waals surface area contributed by atoms with Crippen LogP contribution in [-0.2, 0) is 39.3 Å². The number of hydrogen-bond acceptors (Lipinski definition) is 8. The van der Waals surface area contributed by atoms with Crippen LogP contribution in [0.5, 0.6) is 0 Å². The van der Waals surface area contributed by atoms with Crippen LogP contribution < -0.4 is 5.32 Å². The number of halogens is 3. The standard InChI is InChI=1S/C27H24F3N3O6S/c1-26(35,25(34)31-12-13-40(2,36)37)17-9-11-18-16(14-17)8-10-19-21(18)32-39-24(19)22-20(27(28,29)30)23(38-33-22)15-6-4-3-5-7-15/h3-7,9,11,14,35H,8,10,12-13H2,1-2H3,(H,31,34). The zero-order chi connectivity index (χ0) is 28.9. The van der Waals surface area contributed by atoms with E-state index >= 15 is 0 Å². The lowest BCUT2D eigenvalue weighted by atomic mass is 9.84. The van der Waals surface area contributed by atoms with Gasteiger partial charge in [0.15, 0.2) is 22.8 Å². The molecule has 210 valence electrons. The van der Waals surface area contributed by atoms with Crippen molar-refractivity contribution in [2.45, 2.75) is 31.5 Å². The number of nitrogens with one attached hydrogen (secondary N) is 1. The number of aromatic nitrogens is 2. The number of sulfone groups is 1. The number of aryl methyl sites for hydroxylation is 1. The number of benzene rings is 2. The summed E-state index contributed by atoms with van der Waals surface area (Å²) in [4.78, 5) is 12.6. The maximum Gasteiger partial charge on any atom is 0.422 e. The van der Waals surface area contributed by atoms with Crippen LogP contribution >= 0.6 is 0 Å². The van der Waals surface area contributed by atoms with Crippen molar-refractivity contribution in [1.82, 2.24) is 15.6 Å². The Labute approximate surface area is 226 Å². The molecule has 1 aliphatic carbocycles. The van der Waals surface area contributed by atoms with Crippen LogP contribution in [0.15, 0.2) is 57.6 Å². The summed E-state index contributed by atoms with van der Waals surface area (Å²) in [7, 11) is -3.30. The molecule has 4 aromatic rings. The van der Waals surface area contributed by atoms with Crippen molar-refractivity contribution in [2.24, 2.45) is 0 Å². The SMILES string of the molecule is CC(O)(C(=O)NCCS(C)(=O)=O)c1ccc2c(c1)CCc1c-2noc1-c1noc(-c2ccccc2)c1C(F)(F)F. The van der Waals surface area contributed by atoms with Gasteiger partial charge in [0.1, 0.15) is 21.1 Å².